The molecule has 0 unspecified atom stereocenters. The molecule has 0 aliphatic carbocycles. The number of aromatic nitrogens is 2. The molecule has 5 rings (SSSR count). The highest BCUT2D eigenvalue weighted by Crippen LogP contribution is 2.32. The first kappa shape index (κ1) is 24.5. The zero-order valence-corrected chi connectivity index (χ0v) is 22.3. The number of imidazole rings is 1. The van der Waals surface area contributed by atoms with Gasteiger partial charge in [0, 0.05) is 36.3 Å². The summed E-state index contributed by atoms with van der Waals surface area (Å²) in [4.78, 5) is 10.5. The van der Waals surface area contributed by atoms with Crippen LogP contribution in [-0.4, -0.2) is 72.1 Å². The largest absolute Gasteiger partial charge is 0.306 e. The van der Waals surface area contributed by atoms with Crippen molar-refractivity contribution in [1.82, 2.24) is 19.2 Å². The highest BCUT2D eigenvalue weighted by molar-refractivity contribution is 7.90. The van der Waals surface area contributed by atoms with Gasteiger partial charge in [0.25, 0.3) is 0 Å². The molecule has 0 saturated carbocycles. The smallest absolute Gasteiger partial charge is 0.175 e. The number of hydrogen-bond donors (Lipinski definition) is 0. The fourth-order valence-corrected chi connectivity index (χ4v) is 6.53. The van der Waals surface area contributed by atoms with E-state index in [1.165, 1.54) is 69.2 Å². The molecule has 4 heterocycles. The lowest BCUT2D eigenvalue weighted by atomic mass is 9.88. The van der Waals surface area contributed by atoms with Gasteiger partial charge in [0.1, 0.15) is 5.65 Å². The van der Waals surface area contributed by atoms with Crippen molar-refractivity contribution in [3.63, 3.8) is 0 Å². The minimum Gasteiger partial charge on any atom is -0.306 e. The van der Waals surface area contributed by atoms with Gasteiger partial charge in [-0.1, -0.05) is 18.2 Å². The number of benzene rings is 1. The summed E-state index contributed by atoms with van der Waals surface area (Å²) in [6.45, 7) is 11.6. The second-order valence-corrected chi connectivity index (χ2v) is 12.8. The van der Waals surface area contributed by atoms with Gasteiger partial charge in [-0.3, -0.25) is 0 Å². The molecule has 0 bridgehead atoms. The lowest BCUT2D eigenvalue weighted by molar-refractivity contribution is 0.0753. The second-order valence-electron chi connectivity index (χ2n) is 10.8. The number of sulfone groups is 1. The van der Waals surface area contributed by atoms with E-state index in [-0.39, 0.29) is 0 Å². The van der Waals surface area contributed by atoms with Crippen molar-refractivity contribution in [2.24, 2.45) is 0 Å². The van der Waals surface area contributed by atoms with Crippen LogP contribution in [-0.2, 0) is 9.84 Å². The van der Waals surface area contributed by atoms with E-state index in [1.54, 1.807) is 12.1 Å². The van der Waals surface area contributed by atoms with E-state index in [2.05, 4.69) is 53.4 Å². The molecule has 0 atom stereocenters. The van der Waals surface area contributed by atoms with Crippen molar-refractivity contribution >= 4 is 15.5 Å². The third kappa shape index (κ3) is 5.18. The lowest BCUT2D eigenvalue weighted by Crippen LogP contribution is -2.48. The SMILES string of the molecule is Cc1cc(C2CCN(C3CCN(C(C)C)CC3)CC2)cn2cc(-c3ccc(S(C)(=O)=O)cc3)nc12. The number of fused-ring (bicyclic) bond motifs is 1. The molecule has 2 fully saturated rings. The van der Waals surface area contributed by atoms with Crippen LogP contribution in [0.15, 0.2) is 47.6 Å². The summed E-state index contributed by atoms with van der Waals surface area (Å²) < 4.78 is 25.7. The van der Waals surface area contributed by atoms with Crippen LogP contribution < -0.4 is 0 Å². The molecule has 0 amide bonds. The molecule has 35 heavy (non-hydrogen) atoms. The monoisotopic (exact) mass is 494 g/mol. The average molecular weight is 495 g/mol. The summed E-state index contributed by atoms with van der Waals surface area (Å²) >= 11 is 0. The fraction of sp³-hybridized carbons (Fsp3) is 0.536. The van der Waals surface area contributed by atoms with Crippen molar-refractivity contribution in [2.75, 3.05) is 32.4 Å². The number of rotatable bonds is 5. The predicted octanol–water partition coefficient (Wildman–Crippen LogP) is 4.77. The van der Waals surface area contributed by atoms with E-state index < -0.39 is 9.84 Å². The summed E-state index contributed by atoms with van der Waals surface area (Å²) in [7, 11) is -3.20. The minimum atomic E-state index is -3.20. The number of pyridine rings is 1. The van der Waals surface area contributed by atoms with Crippen LogP contribution in [0, 0.1) is 6.92 Å². The maximum atomic E-state index is 11.8. The highest BCUT2D eigenvalue weighted by atomic mass is 32.2. The van der Waals surface area contributed by atoms with Crippen molar-refractivity contribution in [1.29, 1.82) is 0 Å². The molecule has 3 aromatic rings. The van der Waals surface area contributed by atoms with Gasteiger partial charge in [-0.05, 0) is 102 Å². The third-order valence-electron chi connectivity index (χ3n) is 8.08. The van der Waals surface area contributed by atoms with Crippen LogP contribution in [0.5, 0.6) is 0 Å². The predicted molar refractivity (Wildman–Crippen MR) is 142 cm³/mol. The van der Waals surface area contributed by atoms with E-state index in [1.807, 2.05) is 12.1 Å². The van der Waals surface area contributed by atoms with Gasteiger partial charge in [-0.2, -0.15) is 0 Å². The zero-order chi connectivity index (χ0) is 24.7. The van der Waals surface area contributed by atoms with Gasteiger partial charge in [-0.15, -0.1) is 0 Å². The third-order valence-corrected chi connectivity index (χ3v) is 9.21. The van der Waals surface area contributed by atoms with Crippen LogP contribution in [0.3, 0.4) is 0 Å². The van der Waals surface area contributed by atoms with Gasteiger partial charge >= 0.3 is 0 Å². The highest BCUT2D eigenvalue weighted by Gasteiger charge is 2.29. The minimum absolute atomic E-state index is 0.334. The van der Waals surface area contributed by atoms with Crippen LogP contribution in [0.2, 0.25) is 0 Å². The first-order valence-corrected chi connectivity index (χ1v) is 14.9. The topological polar surface area (TPSA) is 57.9 Å². The molecular weight excluding hydrogens is 456 g/mol. The Bertz CT molecular complexity index is 1280. The number of hydrogen-bond acceptors (Lipinski definition) is 5. The van der Waals surface area contributed by atoms with Gasteiger partial charge in [0.15, 0.2) is 9.84 Å². The van der Waals surface area contributed by atoms with Crippen LogP contribution in [0.25, 0.3) is 16.9 Å². The molecule has 2 aliphatic rings. The first-order chi connectivity index (χ1) is 16.7. The Morgan fingerprint density at radius 1 is 0.943 bits per heavy atom. The first-order valence-electron chi connectivity index (χ1n) is 13.0. The Kier molecular flexibility index (Phi) is 6.77. The van der Waals surface area contributed by atoms with Gasteiger partial charge < -0.3 is 14.2 Å². The summed E-state index contributed by atoms with van der Waals surface area (Å²) in [5.41, 5.74) is 5.35. The molecule has 188 valence electrons. The average Bonchev–Trinajstić information content (AvgIpc) is 3.29. The number of piperidine rings is 2. The molecule has 1 aromatic carbocycles. The second kappa shape index (κ2) is 9.68. The maximum Gasteiger partial charge on any atom is 0.175 e. The van der Waals surface area contributed by atoms with E-state index in [4.69, 9.17) is 4.98 Å². The van der Waals surface area contributed by atoms with E-state index in [0.29, 0.717) is 16.9 Å². The van der Waals surface area contributed by atoms with E-state index >= 15 is 0 Å². The Labute approximate surface area is 209 Å². The van der Waals surface area contributed by atoms with E-state index in [9.17, 15) is 8.42 Å². The lowest BCUT2D eigenvalue weighted by Gasteiger charge is -2.42. The van der Waals surface area contributed by atoms with Crippen molar-refractivity contribution < 1.29 is 8.42 Å². The molecule has 2 aromatic heterocycles. The van der Waals surface area contributed by atoms with Crippen molar-refractivity contribution in [3.05, 3.63) is 53.9 Å². The standard InChI is InChI=1S/C28H38N4O2S/c1-20(2)30-15-11-25(12-16-30)31-13-9-22(10-14-31)24-17-21(3)28-29-27(19-32(28)18-24)23-5-7-26(8-6-23)35(4,33)34/h5-8,17-20,22,25H,9-16H2,1-4H3. The number of nitrogens with zero attached hydrogens (tertiary/aromatic N) is 4. The molecule has 7 heteroatoms. The molecule has 0 radical (unpaired) electrons. The molecule has 0 spiro atoms. The summed E-state index contributed by atoms with van der Waals surface area (Å²) in [6, 6.07) is 10.7. The quantitative estimate of drug-likeness (QED) is 0.512. The Morgan fingerprint density at radius 3 is 2.20 bits per heavy atom. The van der Waals surface area contributed by atoms with Crippen molar-refractivity contribution in [3.8, 4) is 11.3 Å². The Balaban J connectivity index is 1.28. The maximum absolute atomic E-state index is 11.8. The molecular formula is C28H38N4O2S. The molecule has 6 nitrogen and oxygen atoms in total. The van der Waals surface area contributed by atoms with Crippen LogP contribution in [0.4, 0.5) is 0 Å². The summed E-state index contributed by atoms with van der Waals surface area (Å²) in [6.07, 6.45) is 10.6. The number of aryl methyl sites for hydroxylation is 1. The summed E-state index contributed by atoms with van der Waals surface area (Å²) in [5.74, 6) is 0.588. The molecule has 0 N–H and O–H groups in total. The Morgan fingerprint density at radius 2 is 1.60 bits per heavy atom. The van der Waals surface area contributed by atoms with Gasteiger partial charge in [0.2, 0.25) is 0 Å². The fourth-order valence-electron chi connectivity index (χ4n) is 5.90. The Hall–Kier alpha value is -2.22. The number of likely N-dealkylation sites (tertiary alicyclic amines) is 2. The van der Waals surface area contributed by atoms with E-state index in [0.717, 1.165) is 22.9 Å². The molecule has 2 saturated heterocycles. The van der Waals surface area contributed by atoms with Crippen molar-refractivity contribution in [2.45, 2.75) is 69.4 Å². The van der Waals surface area contributed by atoms with Crippen LogP contribution in [0.1, 0.15) is 56.6 Å². The molecule has 2 aliphatic heterocycles. The zero-order valence-electron chi connectivity index (χ0n) is 21.4. The van der Waals surface area contributed by atoms with Gasteiger partial charge in [-0.25, -0.2) is 13.4 Å². The summed E-state index contributed by atoms with van der Waals surface area (Å²) in [5, 5.41) is 0. The van der Waals surface area contributed by atoms with Crippen LogP contribution >= 0.6 is 0 Å². The van der Waals surface area contributed by atoms with Gasteiger partial charge in [0.05, 0.1) is 10.6 Å². The normalized spacial score (nSPS) is 19.7.